The number of nitrogens with zero attached hydrogens (tertiary/aromatic N) is 5. The van der Waals surface area contributed by atoms with Crippen LogP contribution in [-0.2, 0) is 12.2 Å². The Morgan fingerprint density at radius 2 is 2.07 bits per heavy atom. The van der Waals surface area contributed by atoms with Crippen molar-refractivity contribution in [2.45, 2.75) is 44.5 Å². The molecule has 4 rings (SSSR count). The molecule has 0 bridgehead atoms. The Kier molecular flexibility index (Phi) is 5.77. The summed E-state index contributed by atoms with van der Waals surface area (Å²) < 4.78 is 1.70. The van der Waals surface area contributed by atoms with Crippen molar-refractivity contribution in [3.63, 3.8) is 0 Å². The van der Waals surface area contributed by atoms with E-state index < -0.39 is 0 Å². The Labute approximate surface area is 176 Å². The van der Waals surface area contributed by atoms with Crippen molar-refractivity contribution in [2.75, 3.05) is 0 Å². The number of hydrogen-bond acceptors (Lipinski definition) is 7. The fourth-order valence-electron chi connectivity index (χ4n) is 3.16. The van der Waals surface area contributed by atoms with E-state index in [0.29, 0.717) is 22.7 Å². The second-order valence-electron chi connectivity index (χ2n) is 7.04. The van der Waals surface area contributed by atoms with Crippen molar-refractivity contribution in [3.8, 4) is 5.69 Å². The van der Waals surface area contributed by atoms with E-state index in [4.69, 9.17) is 4.98 Å². The highest BCUT2D eigenvalue weighted by Crippen LogP contribution is 2.31. The molecule has 3 heterocycles. The highest BCUT2D eigenvalue weighted by Gasteiger charge is 2.17. The molecular formula is C20H22N6OS2. The van der Waals surface area contributed by atoms with Gasteiger partial charge in [-0.15, -0.1) is 16.4 Å². The van der Waals surface area contributed by atoms with E-state index in [1.165, 1.54) is 16.6 Å². The Morgan fingerprint density at radius 1 is 1.28 bits per heavy atom. The summed E-state index contributed by atoms with van der Waals surface area (Å²) in [6.07, 6.45) is 2.00. The van der Waals surface area contributed by atoms with Gasteiger partial charge in [0.2, 0.25) is 0 Å². The third-order valence-corrected chi connectivity index (χ3v) is 6.87. The summed E-state index contributed by atoms with van der Waals surface area (Å²) in [6.45, 7) is 6.46. The van der Waals surface area contributed by atoms with Crippen molar-refractivity contribution in [1.29, 1.82) is 0 Å². The lowest BCUT2D eigenvalue weighted by molar-refractivity contribution is 0.561. The fourth-order valence-corrected chi connectivity index (χ4v) is 5.04. The smallest absolute Gasteiger partial charge is 0.260 e. The number of tetrazole rings is 1. The molecule has 0 unspecified atom stereocenters. The zero-order chi connectivity index (χ0) is 20.4. The first-order chi connectivity index (χ1) is 14.1. The summed E-state index contributed by atoms with van der Waals surface area (Å²) in [5.41, 5.74) is 1.97. The van der Waals surface area contributed by atoms with Crippen molar-refractivity contribution in [2.24, 2.45) is 5.92 Å². The maximum Gasteiger partial charge on any atom is 0.260 e. The zero-order valence-corrected chi connectivity index (χ0v) is 18.2. The second kappa shape index (κ2) is 8.46. The molecule has 1 aromatic carbocycles. The molecule has 0 fully saturated rings. The Morgan fingerprint density at radius 3 is 2.83 bits per heavy atom. The monoisotopic (exact) mass is 426 g/mol. The minimum absolute atomic E-state index is 0.0668. The van der Waals surface area contributed by atoms with Crippen LogP contribution in [0.5, 0.6) is 0 Å². The number of aromatic amines is 1. The van der Waals surface area contributed by atoms with Gasteiger partial charge in [-0.25, -0.2) is 4.98 Å². The number of benzene rings is 1. The first kappa shape index (κ1) is 19.8. The number of thiophene rings is 1. The van der Waals surface area contributed by atoms with E-state index in [1.54, 1.807) is 16.0 Å². The predicted octanol–water partition coefficient (Wildman–Crippen LogP) is 4.15. The molecule has 9 heteroatoms. The van der Waals surface area contributed by atoms with Crippen LogP contribution in [0.1, 0.15) is 36.5 Å². The number of nitrogens with one attached hydrogen (secondary N) is 1. The fraction of sp³-hybridized carbons (Fsp3) is 0.350. The van der Waals surface area contributed by atoms with Crippen molar-refractivity contribution in [3.05, 3.63) is 57.0 Å². The number of aryl methyl sites for hydroxylation is 1. The molecule has 0 aliphatic carbocycles. The number of hydrogen-bond donors (Lipinski definition) is 1. The topological polar surface area (TPSA) is 89.3 Å². The molecule has 1 atom stereocenters. The summed E-state index contributed by atoms with van der Waals surface area (Å²) in [4.78, 5) is 22.4. The summed E-state index contributed by atoms with van der Waals surface area (Å²) in [7, 11) is 0. The first-order valence-corrected chi connectivity index (χ1v) is 11.3. The predicted molar refractivity (Wildman–Crippen MR) is 117 cm³/mol. The SMILES string of the molecule is CC[C@@H](C)Cc1c(C)sc2nc(SCc3nnnn3-c3ccccc3)[nH]c(=O)c12. The lowest BCUT2D eigenvalue weighted by atomic mass is 9.98. The van der Waals surface area contributed by atoms with E-state index >= 15 is 0 Å². The van der Waals surface area contributed by atoms with Crippen molar-refractivity contribution < 1.29 is 0 Å². The Balaban J connectivity index is 1.59. The van der Waals surface area contributed by atoms with Gasteiger partial charge in [0.15, 0.2) is 11.0 Å². The largest absolute Gasteiger partial charge is 0.301 e. The van der Waals surface area contributed by atoms with Gasteiger partial charge < -0.3 is 4.98 Å². The molecule has 150 valence electrons. The van der Waals surface area contributed by atoms with Gasteiger partial charge in [-0.05, 0) is 47.4 Å². The van der Waals surface area contributed by atoms with Gasteiger partial charge in [-0.1, -0.05) is 50.2 Å². The molecule has 29 heavy (non-hydrogen) atoms. The summed E-state index contributed by atoms with van der Waals surface area (Å²) >= 11 is 3.02. The standard InChI is InChI=1S/C20H22N6OS2/c1-4-12(2)10-15-13(3)29-19-17(15)18(27)21-20(22-19)28-11-16-23-24-25-26(16)14-8-6-5-7-9-14/h5-9,12H,4,10-11H2,1-3H3,(H,21,22,27)/t12-/m1/s1. The van der Waals surface area contributed by atoms with Crippen LogP contribution in [0.15, 0.2) is 40.3 Å². The van der Waals surface area contributed by atoms with Crippen LogP contribution in [0.25, 0.3) is 15.9 Å². The van der Waals surface area contributed by atoms with Gasteiger partial charge in [0.25, 0.3) is 5.56 Å². The Bertz CT molecular complexity index is 1180. The Hall–Kier alpha value is -2.52. The number of fused-ring (bicyclic) bond motifs is 1. The van der Waals surface area contributed by atoms with Crippen LogP contribution in [0, 0.1) is 12.8 Å². The third kappa shape index (κ3) is 4.11. The van der Waals surface area contributed by atoms with Crippen LogP contribution >= 0.6 is 23.1 Å². The maximum atomic E-state index is 12.8. The van der Waals surface area contributed by atoms with Gasteiger partial charge in [-0.3, -0.25) is 4.79 Å². The first-order valence-electron chi connectivity index (χ1n) is 9.54. The van der Waals surface area contributed by atoms with Crippen LogP contribution in [-0.4, -0.2) is 30.2 Å². The molecule has 0 saturated heterocycles. The average molecular weight is 427 g/mol. The third-order valence-electron chi connectivity index (χ3n) is 4.96. The summed E-state index contributed by atoms with van der Waals surface area (Å²) in [6, 6.07) is 9.73. The molecule has 4 aromatic rings. The van der Waals surface area contributed by atoms with Crippen LogP contribution < -0.4 is 5.56 Å². The highest BCUT2D eigenvalue weighted by atomic mass is 32.2. The molecule has 0 radical (unpaired) electrons. The normalized spacial score (nSPS) is 12.5. The lowest BCUT2D eigenvalue weighted by Crippen LogP contribution is -2.11. The minimum atomic E-state index is -0.0668. The summed E-state index contributed by atoms with van der Waals surface area (Å²) in [5, 5.41) is 13.3. The quantitative estimate of drug-likeness (QED) is 0.353. The lowest BCUT2D eigenvalue weighted by Gasteiger charge is -2.08. The minimum Gasteiger partial charge on any atom is -0.301 e. The van der Waals surface area contributed by atoms with E-state index in [0.717, 1.165) is 34.3 Å². The van der Waals surface area contributed by atoms with Crippen LogP contribution in [0.2, 0.25) is 0 Å². The maximum absolute atomic E-state index is 12.8. The molecule has 0 aliphatic rings. The van der Waals surface area contributed by atoms with Gasteiger partial charge in [0.1, 0.15) is 4.83 Å². The second-order valence-corrected chi connectivity index (χ2v) is 9.20. The number of rotatable bonds is 7. The molecule has 0 spiro atoms. The molecular weight excluding hydrogens is 404 g/mol. The van der Waals surface area contributed by atoms with E-state index in [2.05, 4.69) is 41.3 Å². The van der Waals surface area contributed by atoms with Crippen molar-refractivity contribution in [1.82, 2.24) is 30.2 Å². The number of H-pyrrole nitrogens is 1. The molecule has 3 aromatic heterocycles. The average Bonchev–Trinajstić information content (AvgIpc) is 3.31. The molecule has 7 nitrogen and oxygen atoms in total. The van der Waals surface area contributed by atoms with Gasteiger partial charge in [0, 0.05) is 4.88 Å². The number of para-hydroxylation sites is 1. The van der Waals surface area contributed by atoms with Crippen LogP contribution in [0.3, 0.4) is 0 Å². The zero-order valence-electron chi connectivity index (χ0n) is 16.5. The molecule has 0 amide bonds. The van der Waals surface area contributed by atoms with Crippen LogP contribution in [0.4, 0.5) is 0 Å². The van der Waals surface area contributed by atoms with Crippen molar-refractivity contribution >= 4 is 33.3 Å². The van der Waals surface area contributed by atoms with Gasteiger partial charge >= 0.3 is 0 Å². The summed E-state index contributed by atoms with van der Waals surface area (Å²) in [5.74, 6) is 1.74. The van der Waals surface area contributed by atoms with Gasteiger partial charge in [0.05, 0.1) is 16.8 Å². The molecule has 0 aliphatic heterocycles. The molecule has 0 saturated carbocycles. The van der Waals surface area contributed by atoms with E-state index in [9.17, 15) is 4.79 Å². The van der Waals surface area contributed by atoms with Gasteiger partial charge in [-0.2, -0.15) is 4.68 Å². The van der Waals surface area contributed by atoms with E-state index in [1.807, 2.05) is 30.3 Å². The highest BCUT2D eigenvalue weighted by molar-refractivity contribution is 7.98. The van der Waals surface area contributed by atoms with E-state index in [-0.39, 0.29) is 5.56 Å². The number of aromatic nitrogens is 6. The number of thioether (sulfide) groups is 1. The molecule has 1 N–H and O–H groups in total.